The molecule has 0 unspecified atom stereocenters. The van der Waals surface area contributed by atoms with Crippen LogP contribution in [0.25, 0.3) is 0 Å². The zero-order chi connectivity index (χ0) is 18.6. The first-order valence-electron chi connectivity index (χ1n) is 7.52. The van der Waals surface area contributed by atoms with Gasteiger partial charge in [0, 0.05) is 30.5 Å². The Morgan fingerprint density at radius 2 is 2.24 bits per heavy atom. The van der Waals surface area contributed by atoms with Crippen LogP contribution in [0, 0.1) is 10.1 Å². The van der Waals surface area contributed by atoms with Crippen LogP contribution >= 0.6 is 0 Å². The summed E-state index contributed by atoms with van der Waals surface area (Å²) < 4.78 is 5.14. The monoisotopic (exact) mass is 350 g/mol. The molecule has 2 rings (SSSR count). The van der Waals surface area contributed by atoms with Crippen molar-refractivity contribution in [3.8, 4) is 5.75 Å². The van der Waals surface area contributed by atoms with Crippen molar-refractivity contribution < 1.29 is 24.0 Å². The fourth-order valence-electron chi connectivity index (χ4n) is 2.56. The molecule has 0 spiro atoms. The Kier molecular flexibility index (Phi) is 5.52. The molecular formula is C15H18N4O6. The number of non-ortho nitro benzene ring substituents is 1. The maximum absolute atomic E-state index is 12.2. The Balaban J connectivity index is 2.17. The molecule has 134 valence electrons. The Hall–Kier alpha value is -3.17. The van der Waals surface area contributed by atoms with E-state index in [0.29, 0.717) is 17.7 Å². The average Bonchev–Trinajstić information content (AvgIpc) is 3.00. The number of amides is 3. The summed E-state index contributed by atoms with van der Waals surface area (Å²) in [7, 11) is 1.39. The van der Waals surface area contributed by atoms with Gasteiger partial charge < -0.3 is 21.1 Å². The second-order valence-electron chi connectivity index (χ2n) is 5.58. The number of nitro groups is 1. The fourth-order valence-corrected chi connectivity index (χ4v) is 2.56. The molecule has 0 bridgehead atoms. The number of ether oxygens (including phenoxy) is 1. The van der Waals surface area contributed by atoms with Gasteiger partial charge in [0.2, 0.25) is 17.7 Å². The Morgan fingerprint density at radius 1 is 1.52 bits per heavy atom. The molecule has 1 aromatic rings. The summed E-state index contributed by atoms with van der Waals surface area (Å²) in [5.74, 6) is -1.23. The quantitative estimate of drug-likeness (QED) is 0.440. The molecule has 1 aliphatic rings. The number of carbonyl (C=O) groups excluding carboxylic acids is 3. The summed E-state index contributed by atoms with van der Waals surface area (Å²) in [6.45, 7) is 0. The van der Waals surface area contributed by atoms with E-state index in [9.17, 15) is 24.5 Å². The molecule has 3 amide bonds. The highest BCUT2D eigenvalue weighted by atomic mass is 16.6. The molecule has 1 aromatic carbocycles. The lowest BCUT2D eigenvalue weighted by molar-refractivity contribution is -0.384. The molecule has 1 saturated heterocycles. The lowest BCUT2D eigenvalue weighted by Gasteiger charge is -2.19. The highest BCUT2D eigenvalue weighted by molar-refractivity contribution is 5.93. The van der Waals surface area contributed by atoms with Crippen molar-refractivity contribution in [3.63, 3.8) is 0 Å². The first-order valence-corrected chi connectivity index (χ1v) is 7.52. The zero-order valence-electron chi connectivity index (χ0n) is 13.5. The normalized spacial score (nSPS) is 17.5. The van der Waals surface area contributed by atoms with Gasteiger partial charge in [0.15, 0.2) is 0 Å². The highest BCUT2D eigenvalue weighted by Gasteiger charge is 2.30. The molecule has 0 aliphatic carbocycles. The van der Waals surface area contributed by atoms with Crippen LogP contribution in [0.2, 0.25) is 0 Å². The standard InChI is InChI=1S/C15H18N4O6/c1-25-12-4-2-9(19(23)24)6-8(12)7-11(14(16)21)18-15(22)10-3-5-13(20)17-10/h2,4,6,10-11H,3,5,7H2,1H3,(H2,16,21)(H,17,20)(H,18,22)/t10-,11-/m0/s1. The summed E-state index contributed by atoms with van der Waals surface area (Å²) >= 11 is 0. The van der Waals surface area contributed by atoms with Crippen LogP contribution in [0.4, 0.5) is 5.69 Å². The van der Waals surface area contributed by atoms with Crippen molar-refractivity contribution in [2.45, 2.75) is 31.3 Å². The lowest BCUT2D eigenvalue weighted by Crippen LogP contribution is -2.51. The maximum Gasteiger partial charge on any atom is 0.269 e. The number of rotatable bonds is 7. The average molecular weight is 350 g/mol. The molecule has 1 fully saturated rings. The number of benzene rings is 1. The van der Waals surface area contributed by atoms with Gasteiger partial charge >= 0.3 is 0 Å². The minimum atomic E-state index is -1.10. The maximum atomic E-state index is 12.2. The van der Waals surface area contributed by atoms with Crippen molar-refractivity contribution in [1.29, 1.82) is 0 Å². The number of nitro benzene ring substituents is 1. The van der Waals surface area contributed by atoms with Crippen molar-refractivity contribution in [2.24, 2.45) is 5.73 Å². The van der Waals surface area contributed by atoms with Crippen LogP contribution in [-0.4, -0.2) is 41.8 Å². The minimum absolute atomic E-state index is 0.0768. The summed E-state index contributed by atoms with van der Waals surface area (Å²) in [6, 6.07) is 2.12. The molecule has 4 N–H and O–H groups in total. The number of hydrogen-bond donors (Lipinski definition) is 3. The molecule has 2 atom stereocenters. The van der Waals surface area contributed by atoms with Crippen molar-refractivity contribution in [1.82, 2.24) is 10.6 Å². The van der Waals surface area contributed by atoms with Crippen molar-refractivity contribution >= 4 is 23.4 Å². The number of primary amides is 1. The number of nitrogens with two attached hydrogens (primary N) is 1. The second kappa shape index (κ2) is 7.60. The van der Waals surface area contributed by atoms with E-state index in [0.717, 1.165) is 0 Å². The first-order chi connectivity index (χ1) is 11.8. The second-order valence-corrected chi connectivity index (χ2v) is 5.58. The van der Waals surface area contributed by atoms with Crippen LogP contribution in [0.15, 0.2) is 18.2 Å². The molecule has 0 radical (unpaired) electrons. The van der Waals surface area contributed by atoms with Gasteiger partial charge in [-0.05, 0) is 12.5 Å². The predicted octanol–water partition coefficient (Wildman–Crippen LogP) is -0.605. The third-order valence-corrected chi connectivity index (χ3v) is 3.87. The summed E-state index contributed by atoms with van der Waals surface area (Å²) in [4.78, 5) is 45.4. The van der Waals surface area contributed by atoms with Gasteiger partial charge in [0.1, 0.15) is 17.8 Å². The van der Waals surface area contributed by atoms with E-state index in [1.54, 1.807) is 0 Å². The molecule has 1 heterocycles. The van der Waals surface area contributed by atoms with Gasteiger partial charge in [-0.3, -0.25) is 24.5 Å². The number of methoxy groups -OCH3 is 1. The van der Waals surface area contributed by atoms with Gasteiger partial charge in [-0.1, -0.05) is 0 Å². The SMILES string of the molecule is COc1ccc([N+](=O)[O-])cc1C[C@H](NC(=O)[C@@H]1CCC(=O)N1)C(N)=O. The third kappa shape index (κ3) is 4.43. The molecule has 1 aliphatic heterocycles. The molecule has 10 nitrogen and oxygen atoms in total. The summed E-state index contributed by atoms with van der Waals surface area (Å²) in [5, 5.41) is 15.9. The molecule has 10 heteroatoms. The smallest absolute Gasteiger partial charge is 0.269 e. The Labute approximate surface area is 142 Å². The van der Waals surface area contributed by atoms with E-state index in [4.69, 9.17) is 10.5 Å². The van der Waals surface area contributed by atoms with Crippen molar-refractivity contribution in [3.05, 3.63) is 33.9 Å². The van der Waals surface area contributed by atoms with E-state index < -0.39 is 28.8 Å². The minimum Gasteiger partial charge on any atom is -0.496 e. The predicted molar refractivity (Wildman–Crippen MR) is 85.6 cm³/mol. The van der Waals surface area contributed by atoms with E-state index >= 15 is 0 Å². The van der Waals surface area contributed by atoms with E-state index in [1.165, 1.54) is 25.3 Å². The van der Waals surface area contributed by atoms with E-state index in [2.05, 4.69) is 10.6 Å². The molecular weight excluding hydrogens is 332 g/mol. The summed E-state index contributed by atoms with van der Waals surface area (Å²) in [5.41, 5.74) is 5.52. The zero-order valence-corrected chi connectivity index (χ0v) is 13.5. The lowest BCUT2D eigenvalue weighted by atomic mass is 10.0. The van der Waals surface area contributed by atoms with E-state index in [1.807, 2.05) is 0 Å². The topological polar surface area (TPSA) is 154 Å². The van der Waals surface area contributed by atoms with Crippen LogP contribution < -0.4 is 21.1 Å². The van der Waals surface area contributed by atoms with E-state index in [-0.39, 0.29) is 24.4 Å². The van der Waals surface area contributed by atoms with Gasteiger partial charge in [-0.2, -0.15) is 0 Å². The van der Waals surface area contributed by atoms with Crippen LogP contribution in [-0.2, 0) is 20.8 Å². The number of nitrogens with one attached hydrogen (secondary N) is 2. The number of hydrogen-bond acceptors (Lipinski definition) is 6. The summed E-state index contributed by atoms with van der Waals surface area (Å²) in [6.07, 6.45) is 0.487. The first kappa shape index (κ1) is 18.2. The van der Waals surface area contributed by atoms with Crippen LogP contribution in [0.3, 0.4) is 0 Å². The molecule has 0 aromatic heterocycles. The highest BCUT2D eigenvalue weighted by Crippen LogP contribution is 2.25. The Bertz CT molecular complexity index is 720. The van der Waals surface area contributed by atoms with Crippen LogP contribution in [0.5, 0.6) is 5.75 Å². The number of nitrogens with zero attached hydrogens (tertiary/aromatic N) is 1. The van der Waals surface area contributed by atoms with Gasteiger partial charge in [0.25, 0.3) is 5.69 Å². The molecule has 25 heavy (non-hydrogen) atoms. The fraction of sp³-hybridized carbons (Fsp3) is 0.400. The molecule has 0 saturated carbocycles. The van der Waals surface area contributed by atoms with Gasteiger partial charge in [-0.25, -0.2) is 0 Å². The largest absolute Gasteiger partial charge is 0.496 e. The van der Waals surface area contributed by atoms with Crippen molar-refractivity contribution in [2.75, 3.05) is 7.11 Å². The van der Waals surface area contributed by atoms with Gasteiger partial charge in [-0.15, -0.1) is 0 Å². The Morgan fingerprint density at radius 3 is 2.76 bits per heavy atom. The number of carbonyl (C=O) groups is 3. The third-order valence-electron chi connectivity index (χ3n) is 3.87. The van der Waals surface area contributed by atoms with Gasteiger partial charge in [0.05, 0.1) is 12.0 Å². The van der Waals surface area contributed by atoms with Crippen LogP contribution in [0.1, 0.15) is 18.4 Å².